The van der Waals surface area contributed by atoms with E-state index in [1.54, 1.807) is 0 Å². The summed E-state index contributed by atoms with van der Waals surface area (Å²) in [4.78, 5) is 0. The van der Waals surface area contributed by atoms with Gasteiger partial charge in [-0.25, -0.2) is 0 Å². The van der Waals surface area contributed by atoms with Gasteiger partial charge in [-0.05, 0) is 48.0 Å². The van der Waals surface area contributed by atoms with Crippen LogP contribution in [0.5, 0.6) is 0 Å². The van der Waals surface area contributed by atoms with Gasteiger partial charge in [-0.2, -0.15) is 0 Å². The van der Waals surface area contributed by atoms with Gasteiger partial charge in [0.1, 0.15) is 0 Å². The molecule has 1 aliphatic rings. The lowest BCUT2D eigenvalue weighted by atomic mass is 9.77. The molecule has 1 aromatic rings. The molecule has 1 aromatic carbocycles. The van der Waals surface area contributed by atoms with E-state index in [1.165, 1.54) is 17.5 Å². The first-order chi connectivity index (χ1) is 10.2. The molecule has 3 heteroatoms. The average molecular weight is 321 g/mol. The Morgan fingerprint density at radius 2 is 1.82 bits per heavy atom. The summed E-state index contributed by atoms with van der Waals surface area (Å²) in [5.41, 5.74) is 2.98. The van der Waals surface area contributed by atoms with Crippen molar-refractivity contribution in [1.29, 1.82) is 0 Å². The van der Waals surface area contributed by atoms with E-state index in [-0.39, 0.29) is 5.04 Å². The van der Waals surface area contributed by atoms with E-state index in [4.69, 9.17) is 9.16 Å². The molecule has 124 valence electrons. The Kier molecular flexibility index (Phi) is 5.52. The predicted molar refractivity (Wildman–Crippen MR) is 96.0 cm³/mol. The van der Waals surface area contributed by atoms with Crippen LogP contribution >= 0.6 is 0 Å². The van der Waals surface area contributed by atoms with Crippen molar-refractivity contribution in [3.63, 3.8) is 0 Å². The van der Waals surface area contributed by atoms with E-state index in [1.807, 2.05) is 7.11 Å². The second-order valence-electron chi connectivity index (χ2n) is 8.23. The van der Waals surface area contributed by atoms with E-state index >= 15 is 0 Å². The Morgan fingerprint density at radius 1 is 1.14 bits per heavy atom. The second kappa shape index (κ2) is 6.86. The van der Waals surface area contributed by atoms with Crippen LogP contribution in [0.2, 0.25) is 18.1 Å². The van der Waals surface area contributed by atoms with Gasteiger partial charge in [-0.3, -0.25) is 0 Å². The Hall–Kier alpha value is -0.643. The summed E-state index contributed by atoms with van der Waals surface area (Å²) < 4.78 is 11.9. The standard InChI is InChI=1S/C19H32O2Si/c1-19(2,3)22(5,6)21-14-17-12-15(13-20-4)11-16-9-7-8-10-18(16)17/h7-10,15,17H,11-14H2,1-6H3. The number of hydrogen-bond acceptors (Lipinski definition) is 2. The Labute approximate surface area is 137 Å². The molecule has 1 aliphatic carbocycles. The van der Waals surface area contributed by atoms with Crippen LogP contribution in [0, 0.1) is 5.92 Å². The molecule has 0 N–H and O–H groups in total. The summed E-state index contributed by atoms with van der Waals surface area (Å²) in [6, 6.07) is 8.88. The van der Waals surface area contributed by atoms with Gasteiger partial charge in [-0.15, -0.1) is 0 Å². The summed E-state index contributed by atoms with van der Waals surface area (Å²) in [7, 11) is 0.125. The summed E-state index contributed by atoms with van der Waals surface area (Å²) in [5, 5.41) is 0.271. The first-order valence-corrected chi connectivity index (χ1v) is 11.4. The number of rotatable bonds is 5. The van der Waals surface area contributed by atoms with Gasteiger partial charge in [0.15, 0.2) is 8.32 Å². The number of benzene rings is 1. The van der Waals surface area contributed by atoms with E-state index in [0.717, 1.165) is 19.6 Å². The van der Waals surface area contributed by atoms with Crippen molar-refractivity contribution in [2.45, 2.75) is 57.7 Å². The summed E-state index contributed by atoms with van der Waals surface area (Å²) in [6.45, 7) is 13.3. The van der Waals surface area contributed by atoms with Gasteiger partial charge in [0, 0.05) is 26.2 Å². The zero-order valence-corrected chi connectivity index (χ0v) is 16.1. The summed E-state index contributed by atoms with van der Waals surface area (Å²) >= 11 is 0. The van der Waals surface area contributed by atoms with Crippen LogP contribution in [0.1, 0.15) is 44.2 Å². The van der Waals surface area contributed by atoms with Crippen LogP contribution in [-0.2, 0) is 15.6 Å². The highest BCUT2D eigenvalue weighted by Crippen LogP contribution is 2.40. The molecule has 0 aromatic heterocycles. The molecule has 0 radical (unpaired) electrons. The maximum atomic E-state index is 6.51. The van der Waals surface area contributed by atoms with E-state index in [9.17, 15) is 0 Å². The van der Waals surface area contributed by atoms with Crippen molar-refractivity contribution in [1.82, 2.24) is 0 Å². The smallest absolute Gasteiger partial charge is 0.192 e. The maximum absolute atomic E-state index is 6.51. The van der Waals surface area contributed by atoms with Gasteiger partial charge >= 0.3 is 0 Å². The van der Waals surface area contributed by atoms with Gasteiger partial charge in [0.2, 0.25) is 0 Å². The van der Waals surface area contributed by atoms with Crippen LogP contribution in [0.3, 0.4) is 0 Å². The fourth-order valence-electron chi connectivity index (χ4n) is 3.09. The third-order valence-electron chi connectivity index (χ3n) is 5.48. The number of methoxy groups -OCH3 is 1. The monoisotopic (exact) mass is 320 g/mol. The second-order valence-corrected chi connectivity index (χ2v) is 13.0. The number of fused-ring (bicyclic) bond motifs is 1. The van der Waals surface area contributed by atoms with Crippen molar-refractivity contribution < 1.29 is 9.16 Å². The molecule has 22 heavy (non-hydrogen) atoms. The molecule has 0 fully saturated rings. The maximum Gasteiger partial charge on any atom is 0.192 e. The number of hydrogen-bond donors (Lipinski definition) is 0. The molecule has 0 aliphatic heterocycles. The van der Waals surface area contributed by atoms with Crippen molar-refractivity contribution in [3.05, 3.63) is 35.4 Å². The lowest BCUT2D eigenvalue weighted by Crippen LogP contribution is -2.42. The molecule has 0 heterocycles. The van der Waals surface area contributed by atoms with Crippen LogP contribution in [-0.4, -0.2) is 28.6 Å². The molecular formula is C19H32O2Si. The predicted octanol–water partition coefficient (Wildman–Crippen LogP) is 5.00. The van der Waals surface area contributed by atoms with Crippen LogP contribution < -0.4 is 0 Å². The third-order valence-corrected chi connectivity index (χ3v) is 9.98. The van der Waals surface area contributed by atoms with Gasteiger partial charge in [0.05, 0.1) is 0 Å². The fourth-order valence-corrected chi connectivity index (χ4v) is 4.14. The number of ether oxygens (including phenoxy) is 1. The van der Waals surface area contributed by atoms with Crippen LogP contribution in [0.15, 0.2) is 24.3 Å². The van der Waals surface area contributed by atoms with Crippen LogP contribution in [0.25, 0.3) is 0 Å². The quantitative estimate of drug-likeness (QED) is 0.711. The molecule has 2 unspecified atom stereocenters. The molecular weight excluding hydrogens is 288 g/mol. The lowest BCUT2D eigenvalue weighted by Gasteiger charge is -2.39. The minimum atomic E-state index is -1.68. The average Bonchev–Trinajstić information content (AvgIpc) is 2.44. The van der Waals surface area contributed by atoms with Crippen molar-refractivity contribution >= 4 is 8.32 Å². The Morgan fingerprint density at radius 3 is 2.45 bits per heavy atom. The first-order valence-electron chi connectivity index (χ1n) is 8.45. The van der Waals surface area contributed by atoms with Gasteiger partial charge < -0.3 is 9.16 Å². The minimum absolute atomic E-state index is 0.271. The molecule has 0 spiro atoms. The van der Waals surface area contributed by atoms with E-state index < -0.39 is 8.32 Å². The first kappa shape index (κ1) is 17.7. The van der Waals surface area contributed by atoms with E-state index in [2.05, 4.69) is 58.1 Å². The minimum Gasteiger partial charge on any atom is -0.416 e. The fraction of sp³-hybridized carbons (Fsp3) is 0.684. The zero-order chi connectivity index (χ0) is 16.4. The van der Waals surface area contributed by atoms with Gasteiger partial charge in [-0.1, -0.05) is 45.0 Å². The van der Waals surface area contributed by atoms with Crippen molar-refractivity contribution in [3.8, 4) is 0 Å². The Balaban J connectivity index is 2.12. The highest BCUT2D eigenvalue weighted by atomic mass is 28.4. The summed E-state index contributed by atoms with van der Waals surface area (Å²) in [5.74, 6) is 1.13. The molecule has 2 atom stereocenters. The molecule has 2 nitrogen and oxygen atoms in total. The molecule has 0 amide bonds. The topological polar surface area (TPSA) is 18.5 Å². The van der Waals surface area contributed by atoms with Crippen LogP contribution in [0.4, 0.5) is 0 Å². The lowest BCUT2D eigenvalue weighted by molar-refractivity contribution is 0.131. The summed E-state index contributed by atoms with van der Waals surface area (Å²) in [6.07, 6.45) is 2.32. The third kappa shape index (κ3) is 4.00. The molecule has 0 bridgehead atoms. The molecule has 2 rings (SSSR count). The highest BCUT2D eigenvalue weighted by Gasteiger charge is 2.38. The normalized spacial score (nSPS) is 22.5. The largest absolute Gasteiger partial charge is 0.416 e. The van der Waals surface area contributed by atoms with E-state index in [0.29, 0.717) is 11.8 Å². The SMILES string of the molecule is COCC1Cc2ccccc2C(CO[Si](C)(C)C(C)(C)C)C1. The highest BCUT2D eigenvalue weighted by molar-refractivity contribution is 6.74. The molecule has 0 saturated carbocycles. The van der Waals surface area contributed by atoms with Crippen molar-refractivity contribution in [2.24, 2.45) is 5.92 Å². The van der Waals surface area contributed by atoms with Crippen molar-refractivity contribution in [2.75, 3.05) is 20.3 Å². The zero-order valence-electron chi connectivity index (χ0n) is 15.1. The molecule has 0 saturated heterocycles. The Bertz CT molecular complexity index is 490. The van der Waals surface area contributed by atoms with Gasteiger partial charge in [0.25, 0.3) is 0 Å².